The van der Waals surface area contributed by atoms with Gasteiger partial charge in [-0.1, -0.05) is 0 Å². The maximum Gasteiger partial charge on any atom is 0.254 e. The van der Waals surface area contributed by atoms with Crippen molar-refractivity contribution >= 4 is 11.8 Å². The number of benzene rings is 1. The number of carbonyl (C=O) groups is 2. The van der Waals surface area contributed by atoms with Gasteiger partial charge in [0.1, 0.15) is 5.82 Å². The number of halogens is 1. The molecule has 1 atom stereocenters. The van der Waals surface area contributed by atoms with E-state index < -0.39 is 0 Å². The van der Waals surface area contributed by atoms with E-state index in [1.165, 1.54) is 18.2 Å². The second kappa shape index (κ2) is 5.38. The molecule has 2 amide bonds. The molecule has 0 spiro atoms. The van der Waals surface area contributed by atoms with Crippen molar-refractivity contribution in [3.8, 4) is 0 Å². The highest BCUT2D eigenvalue weighted by Crippen LogP contribution is 2.20. The van der Waals surface area contributed by atoms with E-state index in [1.807, 2.05) is 0 Å². The van der Waals surface area contributed by atoms with Crippen LogP contribution in [-0.2, 0) is 4.79 Å². The molecule has 0 radical (unpaired) electrons. The molecular weight excluding hydrogens is 247 g/mol. The predicted octanol–water partition coefficient (Wildman–Crippen LogP) is 1.47. The minimum Gasteiger partial charge on any atom is -0.369 e. The Morgan fingerprint density at radius 1 is 1.42 bits per heavy atom. The number of hydrogen-bond donors (Lipinski definition) is 1. The molecule has 2 rings (SSSR count). The van der Waals surface area contributed by atoms with Crippen LogP contribution >= 0.6 is 0 Å². The molecule has 5 heteroatoms. The summed E-state index contributed by atoms with van der Waals surface area (Å²) in [5.74, 6) is -1.17. The van der Waals surface area contributed by atoms with Crippen molar-refractivity contribution in [2.24, 2.45) is 11.7 Å². The number of amides is 2. The molecule has 1 aromatic rings. The fourth-order valence-corrected chi connectivity index (χ4v) is 2.43. The Morgan fingerprint density at radius 2 is 2.16 bits per heavy atom. The van der Waals surface area contributed by atoms with Gasteiger partial charge in [-0.2, -0.15) is 0 Å². The molecule has 1 fully saturated rings. The van der Waals surface area contributed by atoms with Gasteiger partial charge < -0.3 is 10.6 Å². The Bertz CT molecular complexity index is 516. The standard InChI is InChI=1S/C14H17FN2O2/c1-9-7-11(15)4-5-12(9)14(19)17-6-2-3-10(8-17)13(16)18/h4-5,7,10H,2-3,6,8H2,1H3,(H2,16,18). The smallest absolute Gasteiger partial charge is 0.254 e. The Hall–Kier alpha value is -1.91. The summed E-state index contributed by atoms with van der Waals surface area (Å²) in [6, 6.07) is 4.10. The van der Waals surface area contributed by atoms with Crippen LogP contribution in [0.15, 0.2) is 18.2 Å². The summed E-state index contributed by atoms with van der Waals surface area (Å²) in [5, 5.41) is 0. The fraction of sp³-hybridized carbons (Fsp3) is 0.429. The molecule has 102 valence electrons. The van der Waals surface area contributed by atoms with Gasteiger partial charge in [0.2, 0.25) is 5.91 Å². The first-order chi connectivity index (χ1) is 8.99. The number of likely N-dealkylation sites (tertiary alicyclic amines) is 1. The van der Waals surface area contributed by atoms with Crippen LogP contribution in [0.2, 0.25) is 0 Å². The van der Waals surface area contributed by atoms with E-state index in [1.54, 1.807) is 11.8 Å². The molecule has 1 heterocycles. The van der Waals surface area contributed by atoms with Gasteiger partial charge in [-0.15, -0.1) is 0 Å². The van der Waals surface area contributed by atoms with Crippen LogP contribution in [0.3, 0.4) is 0 Å². The summed E-state index contributed by atoms with van der Waals surface area (Å²) in [6.07, 6.45) is 1.49. The molecule has 19 heavy (non-hydrogen) atoms. The Morgan fingerprint density at radius 3 is 2.79 bits per heavy atom. The summed E-state index contributed by atoms with van der Waals surface area (Å²) >= 11 is 0. The molecule has 0 bridgehead atoms. The highest BCUT2D eigenvalue weighted by Gasteiger charge is 2.28. The van der Waals surface area contributed by atoms with Crippen molar-refractivity contribution in [1.29, 1.82) is 0 Å². The van der Waals surface area contributed by atoms with Gasteiger partial charge in [0.05, 0.1) is 5.92 Å². The first kappa shape index (κ1) is 13.5. The van der Waals surface area contributed by atoms with Crippen molar-refractivity contribution in [2.45, 2.75) is 19.8 Å². The first-order valence-electron chi connectivity index (χ1n) is 6.34. The Balaban J connectivity index is 2.17. The van der Waals surface area contributed by atoms with Gasteiger partial charge in [0, 0.05) is 18.7 Å². The third-order valence-corrected chi connectivity index (χ3v) is 3.53. The minimum absolute atomic E-state index is 0.163. The van der Waals surface area contributed by atoms with Crippen LogP contribution in [0.5, 0.6) is 0 Å². The number of aryl methyl sites for hydroxylation is 1. The van der Waals surface area contributed by atoms with Crippen LogP contribution in [0.25, 0.3) is 0 Å². The number of primary amides is 1. The maximum absolute atomic E-state index is 13.0. The Kier molecular flexibility index (Phi) is 3.83. The maximum atomic E-state index is 13.0. The lowest BCUT2D eigenvalue weighted by Crippen LogP contribution is -2.44. The Labute approximate surface area is 111 Å². The van der Waals surface area contributed by atoms with E-state index in [4.69, 9.17) is 5.73 Å². The molecule has 1 unspecified atom stereocenters. The minimum atomic E-state index is -0.367. The number of nitrogens with two attached hydrogens (primary N) is 1. The zero-order chi connectivity index (χ0) is 14.0. The van der Waals surface area contributed by atoms with E-state index in [-0.39, 0.29) is 23.5 Å². The number of nitrogens with zero attached hydrogens (tertiary/aromatic N) is 1. The van der Waals surface area contributed by atoms with Crippen LogP contribution in [0.1, 0.15) is 28.8 Å². The average molecular weight is 264 g/mol. The third kappa shape index (κ3) is 2.92. The SMILES string of the molecule is Cc1cc(F)ccc1C(=O)N1CCCC(C(N)=O)C1. The van der Waals surface area contributed by atoms with Gasteiger partial charge in [-0.3, -0.25) is 9.59 Å². The summed E-state index contributed by atoms with van der Waals surface area (Å²) in [6.45, 7) is 2.66. The molecule has 1 aromatic carbocycles. The highest BCUT2D eigenvalue weighted by molar-refractivity contribution is 5.96. The fourth-order valence-electron chi connectivity index (χ4n) is 2.43. The summed E-state index contributed by atoms with van der Waals surface area (Å²) < 4.78 is 13.0. The normalized spacial score (nSPS) is 19.3. The number of rotatable bonds is 2. The largest absolute Gasteiger partial charge is 0.369 e. The van der Waals surface area contributed by atoms with E-state index in [2.05, 4.69) is 0 Å². The van der Waals surface area contributed by atoms with Crippen molar-refractivity contribution in [1.82, 2.24) is 4.90 Å². The third-order valence-electron chi connectivity index (χ3n) is 3.53. The van der Waals surface area contributed by atoms with Crippen LogP contribution < -0.4 is 5.73 Å². The monoisotopic (exact) mass is 264 g/mol. The van der Waals surface area contributed by atoms with Gasteiger partial charge in [-0.05, 0) is 43.5 Å². The number of carbonyl (C=O) groups excluding carboxylic acids is 2. The van der Waals surface area contributed by atoms with Crippen LogP contribution in [0.4, 0.5) is 4.39 Å². The van der Waals surface area contributed by atoms with Crippen molar-refractivity contribution < 1.29 is 14.0 Å². The molecule has 2 N–H and O–H groups in total. The van der Waals surface area contributed by atoms with E-state index in [0.29, 0.717) is 24.2 Å². The summed E-state index contributed by atoms with van der Waals surface area (Å²) in [4.78, 5) is 25.2. The lowest BCUT2D eigenvalue weighted by molar-refractivity contribution is -0.123. The van der Waals surface area contributed by atoms with Gasteiger partial charge in [0.15, 0.2) is 0 Å². The average Bonchev–Trinajstić information content (AvgIpc) is 2.38. The quantitative estimate of drug-likeness (QED) is 0.879. The van der Waals surface area contributed by atoms with Gasteiger partial charge >= 0.3 is 0 Å². The summed E-state index contributed by atoms with van der Waals surface area (Å²) in [7, 11) is 0. The first-order valence-corrected chi connectivity index (χ1v) is 6.34. The molecule has 4 nitrogen and oxygen atoms in total. The molecular formula is C14H17FN2O2. The van der Waals surface area contributed by atoms with Crippen LogP contribution in [-0.4, -0.2) is 29.8 Å². The predicted molar refractivity (Wildman–Crippen MR) is 69.0 cm³/mol. The number of piperidine rings is 1. The van der Waals surface area contributed by atoms with Gasteiger partial charge in [0.25, 0.3) is 5.91 Å². The topological polar surface area (TPSA) is 63.4 Å². The number of hydrogen-bond acceptors (Lipinski definition) is 2. The molecule has 0 aromatic heterocycles. The van der Waals surface area contributed by atoms with E-state index in [0.717, 1.165) is 12.8 Å². The lowest BCUT2D eigenvalue weighted by Gasteiger charge is -2.31. The van der Waals surface area contributed by atoms with Crippen molar-refractivity contribution in [3.05, 3.63) is 35.1 Å². The second-order valence-corrected chi connectivity index (χ2v) is 4.95. The molecule has 1 aliphatic heterocycles. The molecule has 0 aliphatic carbocycles. The summed E-state index contributed by atoms with van der Waals surface area (Å²) in [5.41, 5.74) is 6.37. The van der Waals surface area contributed by atoms with E-state index >= 15 is 0 Å². The second-order valence-electron chi connectivity index (χ2n) is 4.95. The molecule has 1 aliphatic rings. The zero-order valence-corrected chi connectivity index (χ0v) is 10.9. The zero-order valence-electron chi connectivity index (χ0n) is 10.9. The lowest BCUT2D eigenvalue weighted by atomic mass is 9.96. The molecule has 0 saturated carbocycles. The molecule has 1 saturated heterocycles. The van der Waals surface area contributed by atoms with Crippen molar-refractivity contribution in [2.75, 3.05) is 13.1 Å². The van der Waals surface area contributed by atoms with Crippen LogP contribution in [0, 0.1) is 18.7 Å². The van der Waals surface area contributed by atoms with E-state index in [9.17, 15) is 14.0 Å². The highest BCUT2D eigenvalue weighted by atomic mass is 19.1. The van der Waals surface area contributed by atoms with Gasteiger partial charge in [-0.25, -0.2) is 4.39 Å². The van der Waals surface area contributed by atoms with Crippen molar-refractivity contribution in [3.63, 3.8) is 0 Å².